The Balaban J connectivity index is 2.21. The summed E-state index contributed by atoms with van der Waals surface area (Å²) in [7, 11) is 0. The van der Waals surface area contributed by atoms with E-state index in [4.69, 9.17) is 15.2 Å². The third-order valence-corrected chi connectivity index (χ3v) is 2.44. The molecule has 3 heteroatoms. The van der Waals surface area contributed by atoms with Crippen molar-refractivity contribution in [3.8, 4) is 5.75 Å². The molecule has 1 aromatic carbocycles. The van der Waals surface area contributed by atoms with Crippen molar-refractivity contribution >= 4 is 0 Å². The van der Waals surface area contributed by atoms with Gasteiger partial charge in [-0.3, -0.25) is 0 Å². The molecule has 0 aromatic heterocycles. The average molecular weight is 193 g/mol. The van der Waals surface area contributed by atoms with Crippen LogP contribution >= 0.6 is 0 Å². The van der Waals surface area contributed by atoms with Gasteiger partial charge in [-0.1, -0.05) is 12.1 Å². The Morgan fingerprint density at radius 1 is 1.50 bits per heavy atom. The van der Waals surface area contributed by atoms with Crippen LogP contribution in [0.15, 0.2) is 24.3 Å². The van der Waals surface area contributed by atoms with Crippen LogP contribution in [0.4, 0.5) is 0 Å². The van der Waals surface area contributed by atoms with E-state index in [1.165, 1.54) is 0 Å². The maximum absolute atomic E-state index is 6.11. The normalized spacial score (nSPS) is 18.7. The first kappa shape index (κ1) is 9.49. The summed E-state index contributed by atoms with van der Waals surface area (Å²) in [5, 5.41) is 0. The van der Waals surface area contributed by atoms with Gasteiger partial charge >= 0.3 is 0 Å². The SMILES string of the molecule is CCOc1cccc(C2(N)COC2)c1. The van der Waals surface area contributed by atoms with E-state index in [1.54, 1.807) is 0 Å². The number of hydrogen-bond donors (Lipinski definition) is 1. The monoisotopic (exact) mass is 193 g/mol. The van der Waals surface area contributed by atoms with E-state index in [0.29, 0.717) is 19.8 Å². The van der Waals surface area contributed by atoms with Gasteiger partial charge in [0, 0.05) is 0 Å². The van der Waals surface area contributed by atoms with E-state index < -0.39 is 0 Å². The van der Waals surface area contributed by atoms with Gasteiger partial charge in [0.15, 0.2) is 0 Å². The van der Waals surface area contributed by atoms with Crippen molar-refractivity contribution in [1.82, 2.24) is 0 Å². The van der Waals surface area contributed by atoms with Crippen molar-refractivity contribution in [3.63, 3.8) is 0 Å². The van der Waals surface area contributed by atoms with Gasteiger partial charge in [-0.2, -0.15) is 0 Å². The summed E-state index contributed by atoms with van der Waals surface area (Å²) in [4.78, 5) is 0. The van der Waals surface area contributed by atoms with Gasteiger partial charge < -0.3 is 15.2 Å². The van der Waals surface area contributed by atoms with Gasteiger partial charge in [-0.25, -0.2) is 0 Å². The first-order chi connectivity index (χ1) is 6.74. The number of ether oxygens (including phenoxy) is 2. The molecule has 1 aromatic rings. The zero-order chi connectivity index (χ0) is 10.0. The molecular formula is C11H15NO2. The minimum atomic E-state index is -0.299. The van der Waals surface area contributed by atoms with E-state index in [0.717, 1.165) is 11.3 Å². The zero-order valence-electron chi connectivity index (χ0n) is 8.32. The number of benzene rings is 1. The summed E-state index contributed by atoms with van der Waals surface area (Å²) in [5.74, 6) is 0.877. The largest absolute Gasteiger partial charge is 0.494 e. The summed E-state index contributed by atoms with van der Waals surface area (Å²) in [6, 6.07) is 7.92. The molecule has 0 saturated carbocycles. The lowest BCUT2D eigenvalue weighted by atomic mass is 9.89. The van der Waals surface area contributed by atoms with Crippen LogP contribution in [0.3, 0.4) is 0 Å². The van der Waals surface area contributed by atoms with Gasteiger partial charge in [0.1, 0.15) is 5.75 Å². The molecule has 0 aliphatic carbocycles. The predicted octanol–water partition coefficient (Wildman–Crippen LogP) is 1.27. The fourth-order valence-electron chi connectivity index (χ4n) is 1.55. The highest BCUT2D eigenvalue weighted by molar-refractivity contribution is 5.34. The van der Waals surface area contributed by atoms with E-state index >= 15 is 0 Å². The molecule has 0 bridgehead atoms. The molecule has 76 valence electrons. The first-order valence-corrected chi connectivity index (χ1v) is 4.84. The second-order valence-electron chi connectivity index (χ2n) is 3.61. The van der Waals surface area contributed by atoms with Crippen molar-refractivity contribution in [1.29, 1.82) is 0 Å². The molecule has 1 saturated heterocycles. The number of rotatable bonds is 3. The standard InChI is InChI=1S/C11H15NO2/c1-2-14-10-5-3-4-9(6-10)11(12)7-13-8-11/h3-6H,2,7-8,12H2,1H3. The molecule has 0 unspecified atom stereocenters. The summed E-state index contributed by atoms with van der Waals surface area (Å²) in [5.41, 5.74) is 6.90. The fraction of sp³-hybridized carbons (Fsp3) is 0.455. The second-order valence-corrected chi connectivity index (χ2v) is 3.61. The van der Waals surface area contributed by atoms with Crippen LogP contribution in [0.1, 0.15) is 12.5 Å². The van der Waals surface area contributed by atoms with Crippen LogP contribution in [-0.4, -0.2) is 19.8 Å². The van der Waals surface area contributed by atoms with Crippen LogP contribution in [-0.2, 0) is 10.3 Å². The molecule has 0 radical (unpaired) electrons. The highest BCUT2D eigenvalue weighted by atomic mass is 16.5. The first-order valence-electron chi connectivity index (χ1n) is 4.84. The van der Waals surface area contributed by atoms with Crippen LogP contribution in [0.25, 0.3) is 0 Å². The molecule has 14 heavy (non-hydrogen) atoms. The molecule has 1 aliphatic rings. The smallest absolute Gasteiger partial charge is 0.119 e. The minimum absolute atomic E-state index is 0.299. The Morgan fingerprint density at radius 3 is 2.86 bits per heavy atom. The summed E-state index contributed by atoms with van der Waals surface area (Å²) >= 11 is 0. The molecule has 2 rings (SSSR count). The van der Waals surface area contributed by atoms with Crippen molar-refractivity contribution < 1.29 is 9.47 Å². The predicted molar refractivity (Wildman–Crippen MR) is 54.3 cm³/mol. The average Bonchev–Trinajstić information content (AvgIpc) is 2.15. The molecule has 1 heterocycles. The molecule has 1 fully saturated rings. The number of nitrogens with two attached hydrogens (primary N) is 1. The third kappa shape index (κ3) is 1.61. The summed E-state index contributed by atoms with van der Waals surface area (Å²) < 4.78 is 10.5. The molecular weight excluding hydrogens is 178 g/mol. The van der Waals surface area contributed by atoms with Crippen molar-refractivity contribution in [2.45, 2.75) is 12.5 Å². The highest BCUT2D eigenvalue weighted by Crippen LogP contribution is 2.28. The van der Waals surface area contributed by atoms with Crippen molar-refractivity contribution in [2.75, 3.05) is 19.8 Å². The molecule has 0 spiro atoms. The molecule has 0 atom stereocenters. The minimum Gasteiger partial charge on any atom is -0.494 e. The van der Waals surface area contributed by atoms with Crippen molar-refractivity contribution in [2.24, 2.45) is 5.73 Å². The molecule has 3 nitrogen and oxygen atoms in total. The molecule has 0 amide bonds. The maximum Gasteiger partial charge on any atom is 0.119 e. The van der Waals surface area contributed by atoms with Gasteiger partial charge in [0.25, 0.3) is 0 Å². The topological polar surface area (TPSA) is 44.5 Å². The summed E-state index contributed by atoms with van der Waals surface area (Å²) in [6.45, 7) is 3.85. The zero-order valence-corrected chi connectivity index (χ0v) is 8.32. The second kappa shape index (κ2) is 3.59. The van der Waals surface area contributed by atoms with Gasteiger partial charge in [-0.15, -0.1) is 0 Å². The van der Waals surface area contributed by atoms with Crippen molar-refractivity contribution in [3.05, 3.63) is 29.8 Å². The van der Waals surface area contributed by atoms with Crippen LogP contribution in [0.5, 0.6) is 5.75 Å². The maximum atomic E-state index is 6.11. The Hall–Kier alpha value is -1.06. The van der Waals surface area contributed by atoms with Crippen LogP contribution < -0.4 is 10.5 Å². The van der Waals surface area contributed by atoms with Gasteiger partial charge in [0.05, 0.1) is 25.4 Å². The van der Waals surface area contributed by atoms with Gasteiger partial charge in [0.2, 0.25) is 0 Å². The van der Waals surface area contributed by atoms with E-state index in [2.05, 4.69) is 0 Å². The Kier molecular flexibility index (Phi) is 2.44. The van der Waals surface area contributed by atoms with Gasteiger partial charge in [-0.05, 0) is 24.6 Å². The Bertz CT molecular complexity index is 321. The van der Waals surface area contributed by atoms with E-state index in [9.17, 15) is 0 Å². The third-order valence-electron chi connectivity index (χ3n) is 2.44. The Morgan fingerprint density at radius 2 is 2.29 bits per heavy atom. The van der Waals surface area contributed by atoms with E-state index in [-0.39, 0.29) is 5.54 Å². The Labute approximate surface area is 83.8 Å². The molecule has 1 aliphatic heterocycles. The summed E-state index contributed by atoms with van der Waals surface area (Å²) in [6.07, 6.45) is 0. The molecule has 2 N–H and O–H groups in total. The lowest BCUT2D eigenvalue weighted by Gasteiger charge is -2.38. The lowest BCUT2D eigenvalue weighted by molar-refractivity contribution is -0.0569. The quantitative estimate of drug-likeness (QED) is 0.786. The number of hydrogen-bond acceptors (Lipinski definition) is 3. The fourth-order valence-corrected chi connectivity index (χ4v) is 1.55. The van der Waals surface area contributed by atoms with E-state index in [1.807, 2.05) is 31.2 Å². The lowest BCUT2D eigenvalue weighted by Crippen LogP contribution is -2.54. The van der Waals surface area contributed by atoms with Crippen LogP contribution in [0, 0.1) is 0 Å². The van der Waals surface area contributed by atoms with Crippen LogP contribution in [0.2, 0.25) is 0 Å². The highest BCUT2D eigenvalue weighted by Gasteiger charge is 2.36.